The third-order valence-corrected chi connectivity index (χ3v) is 5.35. The van der Waals surface area contributed by atoms with Crippen molar-refractivity contribution in [3.63, 3.8) is 0 Å². The maximum Gasteiger partial charge on any atom is 0.225 e. The number of nitrogens with one attached hydrogen (secondary N) is 2. The first-order chi connectivity index (χ1) is 12.3. The molecule has 0 bridgehead atoms. The van der Waals surface area contributed by atoms with Gasteiger partial charge in [-0.25, -0.2) is 9.97 Å². The van der Waals surface area contributed by atoms with Crippen molar-refractivity contribution >= 4 is 34.7 Å². The number of hydrogen-bond acceptors (Lipinski definition) is 5. The molecule has 3 aromatic rings. The molecule has 4 rings (SSSR count). The van der Waals surface area contributed by atoms with Gasteiger partial charge in [-0.2, -0.15) is 0 Å². The van der Waals surface area contributed by atoms with E-state index < -0.39 is 0 Å². The van der Waals surface area contributed by atoms with E-state index in [9.17, 15) is 0 Å². The van der Waals surface area contributed by atoms with Crippen molar-refractivity contribution in [2.75, 3.05) is 30.9 Å². The molecule has 0 aliphatic carbocycles. The number of fused-ring (bicyclic) bond motifs is 1. The number of benzene rings is 1. The number of para-hydroxylation sites is 1. The molecule has 128 valence electrons. The summed E-state index contributed by atoms with van der Waals surface area (Å²) in [4.78, 5) is 15.9. The lowest BCUT2D eigenvalue weighted by Crippen LogP contribution is -2.22. The van der Waals surface area contributed by atoms with Crippen molar-refractivity contribution < 1.29 is 0 Å². The SMILES string of the molecule is CN(CCc1c[nH]c2ccccc12)c1nccc(/C=C2/CNCS2)n1. The molecule has 2 aromatic heterocycles. The fourth-order valence-corrected chi connectivity index (χ4v) is 3.78. The second-order valence-corrected chi connectivity index (χ2v) is 7.24. The van der Waals surface area contributed by atoms with Gasteiger partial charge in [-0.15, -0.1) is 11.8 Å². The monoisotopic (exact) mass is 351 g/mol. The molecule has 5 nitrogen and oxygen atoms in total. The van der Waals surface area contributed by atoms with Gasteiger partial charge in [-0.1, -0.05) is 18.2 Å². The van der Waals surface area contributed by atoms with Crippen molar-refractivity contribution in [1.29, 1.82) is 0 Å². The number of likely N-dealkylation sites (N-methyl/N-ethyl adjacent to an activating group) is 1. The Labute approximate surface area is 151 Å². The van der Waals surface area contributed by atoms with Crippen LogP contribution in [0.5, 0.6) is 0 Å². The van der Waals surface area contributed by atoms with E-state index in [4.69, 9.17) is 0 Å². The molecule has 1 aromatic carbocycles. The molecule has 25 heavy (non-hydrogen) atoms. The molecule has 1 fully saturated rings. The summed E-state index contributed by atoms with van der Waals surface area (Å²) in [5, 5.41) is 4.61. The highest BCUT2D eigenvalue weighted by Crippen LogP contribution is 2.22. The number of nitrogens with zero attached hydrogens (tertiary/aromatic N) is 3. The third kappa shape index (κ3) is 3.70. The lowest BCUT2D eigenvalue weighted by Gasteiger charge is -2.17. The minimum absolute atomic E-state index is 0.769. The summed E-state index contributed by atoms with van der Waals surface area (Å²) in [7, 11) is 2.05. The first kappa shape index (κ1) is 16.2. The summed E-state index contributed by atoms with van der Waals surface area (Å²) in [6.45, 7) is 1.80. The number of thioether (sulfide) groups is 1. The number of hydrogen-bond donors (Lipinski definition) is 2. The highest BCUT2D eigenvalue weighted by Gasteiger charge is 2.10. The van der Waals surface area contributed by atoms with Crippen LogP contribution in [0.4, 0.5) is 5.95 Å². The van der Waals surface area contributed by atoms with Crippen molar-refractivity contribution in [3.8, 4) is 0 Å². The average Bonchev–Trinajstić information content (AvgIpc) is 3.30. The predicted octanol–water partition coefficient (Wildman–Crippen LogP) is 3.27. The molecular weight excluding hydrogens is 330 g/mol. The third-order valence-electron chi connectivity index (χ3n) is 4.37. The summed E-state index contributed by atoms with van der Waals surface area (Å²) in [6, 6.07) is 10.4. The fraction of sp³-hybridized carbons (Fsp3) is 0.263. The van der Waals surface area contributed by atoms with Crippen molar-refractivity contribution in [2.45, 2.75) is 6.42 Å². The lowest BCUT2D eigenvalue weighted by molar-refractivity contribution is 0.839. The maximum atomic E-state index is 4.69. The molecule has 0 atom stereocenters. The van der Waals surface area contributed by atoms with Gasteiger partial charge < -0.3 is 15.2 Å². The van der Waals surface area contributed by atoms with Crippen LogP contribution in [-0.2, 0) is 6.42 Å². The Balaban J connectivity index is 1.45. The van der Waals surface area contributed by atoms with Crippen molar-refractivity contribution in [2.24, 2.45) is 0 Å². The van der Waals surface area contributed by atoms with E-state index in [2.05, 4.69) is 61.7 Å². The Morgan fingerprint density at radius 2 is 2.20 bits per heavy atom. The molecule has 0 saturated carbocycles. The number of rotatable bonds is 5. The fourth-order valence-electron chi connectivity index (χ4n) is 2.98. The molecule has 0 radical (unpaired) electrons. The highest BCUT2D eigenvalue weighted by atomic mass is 32.2. The summed E-state index contributed by atoms with van der Waals surface area (Å²) >= 11 is 1.83. The quantitative estimate of drug-likeness (QED) is 0.739. The minimum Gasteiger partial charge on any atom is -0.361 e. The Bertz CT molecular complexity index is 893. The summed E-state index contributed by atoms with van der Waals surface area (Å²) < 4.78 is 0. The number of anilines is 1. The highest BCUT2D eigenvalue weighted by molar-refractivity contribution is 8.03. The summed E-state index contributed by atoms with van der Waals surface area (Å²) in [5.41, 5.74) is 3.48. The molecule has 2 N–H and O–H groups in total. The van der Waals surface area contributed by atoms with E-state index >= 15 is 0 Å². The second kappa shape index (κ2) is 7.29. The van der Waals surface area contributed by atoms with Crippen LogP contribution in [0.15, 0.2) is 47.6 Å². The van der Waals surface area contributed by atoms with Crippen LogP contribution in [0.3, 0.4) is 0 Å². The average molecular weight is 351 g/mol. The van der Waals surface area contributed by atoms with Gasteiger partial charge in [-0.05, 0) is 30.2 Å². The van der Waals surface area contributed by atoms with E-state index in [1.54, 1.807) is 0 Å². The van der Waals surface area contributed by atoms with Crippen LogP contribution >= 0.6 is 11.8 Å². The zero-order chi connectivity index (χ0) is 17.1. The zero-order valence-electron chi connectivity index (χ0n) is 14.2. The van der Waals surface area contributed by atoms with Gasteiger partial charge in [0, 0.05) is 54.2 Å². The van der Waals surface area contributed by atoms with Gasteiger partial charge in [-0.3, -0.25) is 0 Å². The first-order valence-electron chi connectivity index (χ1n) is 8.43. The van der Waals surface area contributed by atoms with Gasteiger partial charge in [0.05, 0.1) is 5.69 Å². The van der Waals surface area contributed by atoms with Crippen LogP contribution in [0.2, 0.25) is 0 Å². The molecular formula is C19H21N5S. The van der Waals surface area contributed by atoms with Gasteiger partial charge in [0.2, 0.25) is 5.95 Å². The van der Waals surface area contributed by atoms with Gasteiger partial charge in [0.15, 0.2) is 0 Å². The minimum atomic E-state index is 0.769. The zero-order valence-corrected chi connectivity index (χ0v) is 15.0. The molecule has 0 amide bonds. The Hall–Kier alpha value is -2.31. The van der Waals surface area contributed by atoms with Crippen LogP contribution in [-0.4, -0.2) is 41.0 Å². The Morgan fingerprint density at radius 3 is 3.08 bits per heavy atom. The largest absolute Gasteiger partial charge is 0.361 e. The van der Waals surface area contributed by atoms with E-state index in [0.29, 0.717) is 0 Å². The van der Waals surface area contributed by atoms with Gasteiger partial charge in [0.1, 0.15) is 0 Å². The smallest absolute Gasteiger partial charge is 0.225 e. The Morgan fingerprint density at radius 1 is 1.28 bits per heavy atom. The van der Waals surface area contributed by atoms with Crippen LogP contribution in [0.25, 0.3) is 17.0 Å². The van der Waals surface area contributed by atoms with Crippen molar-refractivity contribution in [3.05, 3.63) is 58.9 Å². The van der Waals surface area contributed by atoms with Gasteiger partial charge in [0.25, 0.3) is 0 Å². The lowest BCUT2D eigenvalue weighted by atomic mass is 10.1. The van der Waals surface area contributed by atoms with Crippen molar-refractivity contribution in [1.82, 2.24) is 20.3 Å². The molecule has 1 aliphatic heterocycles. The van der Waals surface area contributed by atoms with Crippen LogP contribution in [0, 0.1) is 0 Å². The molecule has 1 saturated heterocycles. The van der Waals surface area contributed by atoms with E-state index in [-0.39, 0.29) is 0 Å². The summed E-state index contributed by atoms with van der Waals surface area (Å²) in [6.07, 6.45) is 7.03. The molecule has 0 spiro atoms. The normalized spacial score (nSPS) is 16.0. The maximum absolute atomic E-state index is 4.69. The van der Waals surface area contributed by atoms with Crippen LogP contribution < -0.4 is 10.2 Å². The van der Waals surface area contributed by atoms with Crippen LogP contribution in [0.1, 0.15) is 11.3 Å². The van der Waals surface area contributed by atoms with Gasteiger partial charge >= 0.3 is 0 Å². The Kier molecular flexibility index (Phi) is 4.72. The predicted molar refractivity (Wildman–Crippen MR) is 106 cm³/mol. The second-order valence-electron chi connectivity index (χ2n) is 6.14. The van der Waals surface area contributed by atoms with E-state index in [1.165, 1.54) is 21.4 Å². The topological polar surface area (TPSA) is 56.8 Å². The standard InChI is InChI=1S/C19H21N5S/c1-24(9-7-14-11-22-18-5-3-2-4-17(14)18)19-21-8-6-15(23-19)10-16-12-20-13-25-16/h2-6,8,10-11,20,22H,7,9,12-13H2,1H3/b16-10-. The number of aromatic nitrogens is 3. The molecule has 6 heteroatoms. The number of aromatic amines is 1. The molecule has 0 unspecified atom stereocenters. The number of H-pyrrole nitrogens is 1. The summed E-state index contributed by atoms with van der Waals surface area (Å²) in [5.74, 6) is 1.75. The van der Waals surface area contributed by atoms with E-state index in [1.807, 2.05) is 31.1 Å². The molecule has 3 heterocycles. The van der Waals surface area contributed by atoms with E-state index in [0.717, 1.165) is 37.0 Å². The first-order valence-corrected chi connectivity index (χ1v) is 9.41. The molecule has 1 aliphatic rings.